The van der Waals surface area contributed by atoms with Gasteiger partial charge in [0.25, 0.3) is 0 Å². The smallest absolute Gasteiger partial charge is 0.387 e. The predicted molar refractivity (Wildman–Crippen MR) is 134 cm³/mol. The van der Waals surface area contributed by atoms with Gasteiger partial charge in [0.2, 0.25) is 0 Å². The molecule has 3 N–H and O–H groups in total. The molecule has 0 aliphatic carbocycles. The normalized spacial score (nSPS) is 12.2. The van der Waals surface area contributed by atoms with Crippen molar-refractivity contribution in [3.05, 3.63) is 83.7 Å². The molecular formula is C23H28F2IN5O2. The molecule has 0 amide bonds. The first-order chi connectivity index (χ1) is 15.5. The molecule has 0 radical (unpaired) electrons. The van der Waals surface area contributed by atoms with Crippen LogP contribution in [0.25, 0.3) is 0 Å². The molecule has 3 rings (SSSR count). The van der Waals surface area contributed by atoms with Gasteiger partial charge in [0.05, 0.1) is 19.2 Å². The fraction of sp³-hybridized carbons (Fsp3) is 0.304. The minimum Gasteiger partial charge on any atom is -0.435 e. The van der Waals surface area contributed by atoms with E-state index in [4.69, 9.17) is 0 Å². The van der Waals surface area contributed by atoms with Gasteiger partial charge in [0.1, 0.15) is 5.75 Å². The van der Waals surface area contributed by atoms with Crippen molar-refractivity contribution in [2.75, 3.05) is 13.1 Å². The van der Waals surface area contributed by atoms with E-state index in [0.717, 1.165) is 11.1 Å². The number of aromatic nitrogens is 2. The van der Waals surface area contributed by atoms with Crippen LogP contribution in [0.1, 0.15) is 29.7 Å². The second-order valence-electron chi connectivity index (χ2n) is 7.01. The molecule has 0 bridgehead atoms. The van der Waals surface area contributed by atoms with Crippen molar-refractivity contribution >= 4 is 29.9 Å². The Kier molecular flexibility index (Phi) is 11.0. The summed E-state index contributed by atoms with van der Waals surface area (Å²) in [6.45, 7) is 1.07. The summed E-state index contributed by atoms with van der Waals surface area (Å²) < 4.78 is 30.7. The van der Waals surface area contributed by atoms with Gasteiger partial charge in [0, 0.05) is 25.5 Å². The van der Waals surface area contributed by atoms with Crippen LogP contribution in [0, 0.1) is 0 Å². The summed E-state index contributed by atoms with van der Waals surface area (Å²) in [6.07, 6.45) is 2.82. The van der Waals surface area contributed by atoms with Crippen LogP contribution in [0.3, 0.4) is 0 Å². The zero-order chi connectivity index (χ0) is 22.8. The number of ether oxygens (including phenoxy) is 1. The molecule has 0 saturated heterocycles. The molecule has 1 atom stereocenters. The van der Waals surface area contributed by atoms with E-state index in [1.54, 1.807) is 18.3 Å². The molecule has 0 fully saturated rings. The second-order valence-corrected chi connectivity index (χ2v) is 7.01. The van der Waals surface area contributed by atoms with Gasteiger partial charge >= 0.3 is 6.61 Å². The van der Waals surface area contributed by atoms with Crippen LogP contribution < -0.4 is 15.4 Å². The van der Waals surface area contributed by atoms with Gasteiger partial charge in [-0.3, -0.25) is 4.68 Å². The fourth-order valence-electron chi connectivity index (χ4n) is 3.12. The van der Waals surface area contributed by atoms with Crippen LogP contribution in [0.4, 0.5) is 8.78 Å². The van der Waals surface area contributed by atoms with Crippen LogP contribution in [-0.4, -0.2) is 40.5 Å². The minimum absolute atomic E-state index is 0. The topological polar surface area (TPSA) is 83.7 Å². The fourth-order valence-corrected chi connectivity index (χ4v) is 3.12. The number of halogens is 3. The molecular weight excluding hydrogens is 543 g/mol. The number of aliphatic hydroxyl groups is 1. The zero-order valence-corrected chi connectivity index (χ0v) is 20.5. The third kappa shape index (κ3) is 8.61. The average Bonchev–Trinajstić information content (AvgIpc) is 3.29. The van der Waals surface area contributed by atoms with E-state index in [9.17, 15) is 13.9 Å². The predicted octanol–water partition coefficient (Wildman–Crippen LogP) is 3.94. The summed E-state index contributed by atoms with van der Waals surface area (Å²) in [7, 11) is 0. The number of rotatable bonds is 10. The molecule has 10 heteroatoms. The average molecular weight is 571 g/mol. The van der Waals surface area contributed by atoms with Gasteiger partial charge in [-0.1, -0.05) is 36.4 Å². The lowest BCUT2D eigenvalue weighted by Gasteiger charge is -2.16. The van der Waals surface area contributed by atoms with Crippen molar-refractivity contribution in [2.45, 2.75) is 32.7 Å². The highest BCUT2D eigenvalue weighted by Gasteiger charge is 2.11. The Labute approximate surface area is 208 Å². The zero-order valence-electron chi connectivity index (χ0n) is 18.2. The first kappa shape index (κ1) is 26.5. The number of hydrogen-bond donors (Lipinski definition) is 3. The lowest BCUT2D eigenvalue weighted by Crippen LogP contribution is -2.39. The van der Waals surface area contributed by atoms with Crippen LogP contribution in [0.5, 0.6) is 5.75 Å². The molecule has 0 spiro atoms. The molecule has 3 aromatic rings. The minimum atomic E-state index is -2.88. The van der Waals surface area contributed by atoms with Crippen molar-refractivity contribution < 1.29 is 18.6 Å². The number of guanidine groups is 1. The van der Waals surface area contributed by atoms with E-state index < -0.39 is 12.7 Å². The van der Waals surface area contributed by atoms with Crippen molar-refractivity contribution in [2.24, 2.45) is 4.99 Å². The number of benzene rings is 2. The van der Waals surface area contributed by atoms with E-state index in [0.29, 0.717) is 31.2 Å². The van der Waals surface area contributed by atoms with Crippen molar-refractivity contribution in [3.8, 4) is 5.75 Å². The molecule has 1 heterocycles. The van der Waals surface area contributed by atoms with Crippen molar-refractivity contribution in [3.63, 3.8) is 0 Å². The maximum Gasteiger partial charge on any atom is 0.387 e. The molecule has 0 aliphatic rings. The Morgan fingerprint density at radius 3 is 2.45 bits per heavy atom. The molecule has 178 valence electrons. The molecule has 0 saturated carbocycles. The number of nitrogens with one attached hydrogen (secondary N) is 2. The van der Waals surface area contributed by atoms with E-state index in [1.807, 2.05) is 42.1 Å². The number of aliphatic imine (C=N–C) groups is 1. The highest BCUT2D eigenvalue weighted by molar-refractivity contribution is 14.0. The Morgan fingerprint density at radius 2 is 1.82 bits per heavy atom. The SMILES string of the molecule is CCNC(=NCc1ccccc1Cn1cccn1)NCC(O)c1ccc(OC(F)F)cc1.I. The largest absolute Gasteiger partial charge is 0.435 e. The number of aliphatic hydroxyl groups excluding tert-OH is 1. The number of alkyl halides is 2. The summed E-state index contributed by atoms with van der Waals surface area (Å²) in [6, 6.07) is 15.9. The van der Waals surface area contributed by atoms with Crippen molar-refractivity contribution in [1.82, 2.24) is 20.4 Å². The van der Waals surface area contributed by atoms with E-state index >= 15 is 0 Å². The van der Waals surface area contributed by atoms with Gasteiger partial charge in [-0.05, 0) is 41.8 Å². The Balaban J connectivity index is 0.00000385. The number of hydrogen-bond acceptors (Lipinski definition) is 4. The Hall–Kier alpha value is -2.73. The van der Waals surface area contributed by atoms with Gasteiger partial charge in [-0.2, -0.15) is 13.9 Å². The first-order valence-electron chi connectivity index (χ1n) is 10.3. The monoisotopic (exact) mass is 571 g/mol. The highest BCUT2D eigenvalue weighted by atomic mass is 127. The lowest BCUT2D eigenvalue weighted by molar-refractivity contribution is -0.0498. The summed E-state index contributed by atoms with van der Waals surface area (Å²) in [5.74, 6) is 0.616. The highest BCUT2D eigenvalue weighted by Crippen LogP contribution is 2.19. The molecule has 2 aromatic carbocycles. The number of nitrogens with zero attached hydrogens (tertiary/aromatic N) is 3. The lowest BCUT2D eigenvalue weighted by atomic mass is 10.1. The molecule has 7 nitrogen and oxygen atoms in total. The third-order valence-corrected chi connectivity index (χ3v) is 4.71. The van der Waals surface area contributed by atoms with Crippen LogP contribution in [-0.2, 0) is 13.1 Å². The standard InChI is InChI=1S/C23H27F2N5O2.HI/c1-2-26-23(28-15-21(31)17-8-10-20(11-9-17)32-22(24)25)27-14-18-6-3-4-7-19(18)16-30-13-5-12-29-30;/h3-13,21-22,31H,2,14-16H2,1H3,(H2,26,27,28);1H. The second kappa shape index (κ2) is 13.7. The third-order valence-electron chi connectivity index (χ3n) is 4.71. The summed E-state index contributed by atoms with van der Waals surface area (Å²) in [5.41, 5.74) is 2.79. The summed E-state index contributed by atoms with van der Waals surface area (Å²) >= 11 is 0. The first-order valence-corrected chi connectivity index (χ1v) is 10.3. The Morgan fingerprint density at radius 1 is 1.09 bits per heavy atom. The maximum atomic E-state index is 12.3. The van der Waals surface area contributed by atoms with Gasteiger partial charge in [-0.25, -0.2) is 4.99 Å². The van der Waals surface area contributed by atoms with Gasteiger partial charge < -0.3 is 20.5 Å². The maximum absolute atomic E-state index is 12.3. The van der Waals surface area contributed by atoms with E-state index in [2.05, 4.69) is 31.5 Å². The Bertz CT molecular complexity index is 985. The van der Waals surface area contributed by atoms with Crippen molar-refractivity contribution in [1.29, 1.82) is 0 Å². The molecule has 1 aromatic heterocycles. The van der Waals surface area contributed by atoms with Crippen LogP contribution in [0.2, 0.25) is 0 Å². The quantitative estimate of drug-likeness (QED) is 0.195. The van der Waals surface area contributed by atoms with E-state index in [1.165, 1.54) is 12.1 Å². The summed E-state index contributed by atoms with van der Waals surface area (Å²) in [4.78, 5) is 4.64. The van der Waals surface area contributed by atoms with Gasteiger partial charge in [0.15, 0.2) is 5.96 Å². The van der Waals surface area contributed by atoms with Gasteiger partial charge in [-0.15, -0.1) is 24.0 Å². The van der Waals surface area contributed by atoms with E-state index in [-0.39, 0.29) is 36.3 Å². The molecule has 0 aliphatic heterocycles. The molecule has 1 unspecified atom stereocenters. The summed E-state index contributed by atoms with van der Waals surface area (Å²) in [5, 5.41) is 21.0. The molecule has 33 heavy (non-hydrogen) atoms. The van der Waals surface area contributed by atoms with Crippen LogP contribution >= 0.6 is 24.0 Å². The van der Waals surface area contributed by atoms with Crippen LogP contribution in [0.15, 0.2) is 72.0 Å².